The molecule has 9 heteroatoms. The highest BCUT2D eigenvalue weighted by molar-refractivity contribution is 7.99. The number of thioether (sulfide) groups is 1. The molecule has 1 N–H and O–H groups in total. The molecule has 0 saturated heterocycles. The number of rotatable bonds is 7. The molecule has 0 radical (unpaired) electrons. The molecule has 0 spiro atoms. The number of hydrogen-bond acceptors (Lipinski definition) is 7. The lowest BCUT2D eigenvalue weighted by molar-refractivity contribution is -0.131. The first-order valence-corrected chi connectivity index (χ1v) is 11.2. The maximum atomic E-state index is 12.2. The van der Waals surface area contributed by atoms with E-state index in [1.54, 1.807) is 36.7 Å². The number of nitrogens with zero attached hydrogens (tertiary/aromatic N) is 3. The third-order valence-corrected chi connectivity index (χ3v) is 6.02. The Kier molecular flexibility index (Phi) is 6.44. The Balaban J connectivity index is 1.31. The second kappa shape index (κ2) is 9.59. The van der Waals surface area contributed by atoms with Crippen molar-refractivity contribution in [2.75, 3.05) is 11.1 Å². The van der Waals surface area contributed by atoms with E-state index in [4.69, 9.17) is 4.74 Å². The molecule has 1 amide bonds. The molecule has 2 aromatic carbocycles. The van der Waals surface area contributed by atoms with Crippen LogP contribution >= 0.6 is 23.1 Å². The van der Waals surface area contributed by atoms with Gasteiger partial charge in [0.15, 0.2) is 5.16 Å². The molecule has 4 rings (SSSR count). The Morgan fingerprint density at radius 1 is 1.10 bits per heavy atom. The maximum absolute atomic E-state index is 12.2. The van der Waals surface area contributed by atoms with Crippen molar-refractivity contribution in [1.82, 2.24) is 14.8 Å². The highest BCUT2D eigenvalue weighted by Crippen LogP contribution is 2.22. The molecule has 31 heavy (non-hydrogen) atoms. The van der Waals surface area contributed by atoms with Gasteiger partial charge >= 0.3 is 5.97 Å². The summed E-state index contributed by atoms with van der Waals surface area (Å²) in [4.78, 5) is 25.0. The van der Waals surface area contributed by atoms with E-state index >= 15 is 0 Å². The van der Waals surface area contributed by atoms with E-state index in [0.29, 0.717) is 21.5 Å². The zero-order valence-electron chi connectivity index (χ0n) is 16.5. The molecule has 0 aliphatic carbocycles. The fourth-order valence-electron chi connectivity index (χ4n) is 2.70. The molecule has 7 nitrogen and oxygen atoms in total. The lowest BCUT2D eigenvalue weighted by Gasteiger charge is -2.08. The van der Waals surface area contributed by atoms with Gasteiger partial charge < -0.3 is 10.1 Å². The number of hydrogen-bond donors (Lipinski definition) is 1. The number of ether oxygens (including phenoxy) is 1. The topological polar surface area (TPSA) is 86.1 Å². The van der Waals surface area contributed by atoms with Crippen molar-refractivity contribution in [2.24, 2.45) is 0 Å². The van der Waals surface area contributed by atoms with Crippen LogP contribution in [0.2, 0.25) is 0 Å². The molecule has 0 fully saturated rings. The van der Waals surface area contributed by atoms with Gasteiger partial charge in [0.05, 0.1) is 10.6 Å². The van der Waals surface area contributed by atoms with Crippen molar-refractivity contribution in [3.63, 3.8) is 0 Å². The van der Waals surface area contributed by atoms with Crippen LogP contribution in [0.25, 0.3) is 5.69 Å². The Labute approximate surface area is 187 Å². The van der Waals surface area contributed by atoms with Crippen molar-refractivity contribution < 1.29 is 14.3 Å². The van der Waals surface area contributed by atoms with Crippen LogP contribution in [0.3, 0.4) is 0 Å². The number of carbonyl (C=O) groups excluding carboxylic acids is 2. The molecule has 0 atom stereocenters. The van der Waals surface area contributed by atoms with Gasteiger partial charge in [0.25, 0.3) is 5.91 Å². The van der Waals surface area contributed by atoms with E-state index < -0.39 is 5.97 Å². The summed E-state index contributed by atoms with van der Waals surface area (Å²) in [5, 5.41) is 13.3. The summed E-state index contributed by atoms with van der Waals surface area (Å²) in [6.07, 6.45) is 1.61. The quantitative estimate of drug-likeness (QED) is 0.252. The van der Waals surface area contributed by atoms with Crippen LogP contribution in [0.4, 0.5) is 5.69 Å². The lowest BCUT2D eigenvalue weighted by Crippen LogP contribution is -2.12. The Bertz CT molecular complexity index is 1170. The van der Waals surface area contributed by atoms with Gasteiger partial charge in [-0.25, -0.2) is 0 Å². The summed E-state index contributed by atoms with van der Waals surface area (Å²) < 4.78 is 7.20. The Morgan fingerprint density at radius 2 is 1.87 bits per heavy atom. The smallest absolute Gasteiger partial charge is 0.321 e. The van der Waals surface area contributed by atoms with Gasteiger partial charge in [-0.05, 0) is 54.8 Å². The fourth-order valence-corrected chi connectivity index (χ4v) is 4.02. The Morgan fingerprint density at radius 3 is 2.58 bits per heavy atom. The predicted molar refractivity (Wildman–Crippen MR) is 121 cm³/mol. The third-order valence-electron chi connectivity index (χ3n) is 4.24. The van der Waals surface area contributed by atoms with Crippen molar-refractivity contribution in [3.8, 4) is 11.4 Å². The van der Waals surface area contributed by atoms with Crippen LogP contribution in [0.5, 0.6) is 5.75 Å². The minimum absolute atomic E-state index is 0.0847. The predicted octanol–water partition coefficient (Wildman–Crippen LogP) is 4.59. The van der Waals surface area contributed by atoms with Gasteiger partial charge in [0.1, 0.15) is 12.1 Å². The first-order valence-electron chi connectivity index (χ1n) is 9.34. The first kappa shape index (κ1) is 20.8. The van der Waals surface area contributed by atoms with E-state index in [-0.39, 0.29) is 11.7 Å². The van der Waals surface area contributed by atoms with Crippen molar-refractivity contribution in [1.29, 1.82) is 0 Å². The number of carbonyl (C=O) groups is 2. The van der Waals surface area contributed by atoms with Gasteiger partial charge in [0.2, 0.25) is 0 Å². The summed E-state index contributed by atoms with van der Waals surface area (Å²) in [6.45, 7) is 2.02. The van der Waals surface area contributed by atoms with E-state index in [9.17, 15) is 9.59 Å². The largest absolute Gasteiger partial charge is 0.426 e. The van der Waals surface area contributed by atoms with Crippen LogP contribution in [0.1, 0.15) is 15.2 Å². The van der Waals surface area contributed by atoms with Gasteiger partial charge in [-0.2, -0.15) is 0 Å². The second-order valence-electron chi connectivity index (χ2n) is 6.54. The average Bonchev–Trinajstić information content (AvgIpc) is 3.47. The van der Waals surface area contributed by atoms with E-state index in [1.165, 1.54) is 23.1 Å². The number of anilines is 1. The summed E-state index contributed by atoms with van der Waals surface area (Å²) in [6, 6.07) is 18.2. The van der Waals surface area contributed by atoms with Crippen molar-refractivity contribution in [2.45, 2.75) is 12.1 Å². The molecule has 0 aliphatic heterocycles. The van der Waals surface area contributed by atoms with Gasteiger partial charge in [-0.1, -0.05) is 35.5 Å². The standard InChI is InChI=1S/C22H18N4O3S2/c1-15-4-8-17(9-5-15)26-14-23-25-22(26)31-13-20(27)29-18-10-6-16(7-11-18)24-21(28)19-3-2-12-30-19/h2-12,14H,13H2,1H3,(H,24,28). The molecule has 0 saturated carbocycles. The first-order chi connectivity index (χ1) is 15.1. The third kappa shape index (κ3) is 5.39. The normalized spacial score (nSPS) is 10.6. The van der Waals surface area contributed by atoms with E-state index in [0.717, 1.165) is 11.3 Å². The summed E-state index contributed by atoms with van der Waals surface area (Å²) in [7, 11) is 0. The highest BCUT2D eigenvalue weighted by atomic mass is 32.2. The van der Waals surface area contributed by atoms with Crippen LogP contribution < -0.4 is 10.1 Å². The maximum Gasteiger partial charge on any atom is 0.321 e. The van der Waals surface area contributed by atoms with E-state index in [1.807, 2.05) is 47.2 Å². The zero-order chi connectivity index (χ0) is 21.6. The summed E-state index contributed by atoms with van der Waals surface area (Å²) in [5.41, 5.74) is 2.71. The molecular weight excluding hydrogens is 432 g/mol. The lowest BCUT2D eigenvalue weighted by atomic mass is 10.2. The molecule has 0 aliphatic rings. The van der Waals surface area contributed by atoms with Crippen molar-refractivity contribution >= 4 is 40.7 Å². The molecule has 2 heterocycles. The monoisotopic (exact) mass is 450 g/mol. The SMILES string of the molecule is Cc1ccc(-n2cnnc2SCC(=O)Oc2ccc(NC(=O)c3cccs3)cc2)cc1. The number of benzene rings is 2. The number of amides is 1. The molecule has 0 unspecified atom stereocenters. The van der Waals surface area contributed by atoms with Crippen molar-refractivity contribution in [3.05, 3.63) is 82.8 Å². The van der Waals surface area contributed by atoms with Crippen LogP contribution in [0.15, 0.2) is 77.5 Å². The number of thiophene rings is 1. The number of aromatic nitrogens is 3. The molecule has 156 valence electrons. The van der Waals surface area contributed by atoms with Crippen LogP contribution in [-0.2, 0) is 4.79 Å². The summed E-state index contributed by atoms with van der Waals surface area (Å²) in [5.74, 6) is -0.0890. The number of esters is 1. The number of aryl methyl sites for hydroxylation is 1. The fraction of sp³-hybridized carbons (Fsp3) is 0.0909. The minimum Gasteiger partial charge on any atom is -0.426 e. The molecule has 0 bridgehead atoms. The molecular formula is C22H18N4O3S2. The van der Waals surface area contributed by atoms with E-state index in [2.05, 4.69) is 15.5 Å². The highest BCUT2D eigenvalue weighted by Gasteiger charge is 2.12. The summed E-state index contributed by atoms with van der Waals surface area (Å²) >= 11 is 2.62. The molecule has 4 aromatic rings. The van der Waals surface area contributed by atoms with Crippen LogP contribution in [-0.4, -0.2) is 32.4 Å². The van der Waals surface area contributed by atoms with Gasteiger partial charge in [-0.15, -0.1) is 21.5 Å². The zero-order valence-corrected chi connectivity index (χ0v) is 18.2. The molecule has 2 aromatic heterocycles. The average molecular weight is 451 g/mol. The Hall–Kier alpha value is -3.43. The van der Waals surface area contributed by atoms with Crippen LogP contribution in [0, 0.1) is 6.92 Å². The van der Waals surface area contributed by atoms with Gasteiger partial charge in [0, 0.05) is 11.4 Å². The van der Waals surface area contributed by atoms with Gasteiger partial charge in [-0.3, -0.25) is 14.2 Å². The second-order valence-corrected chi connectivity index (χ2v) is 8.43. The minimum atomic E-state index is -0.404. The number of nitrogens with one attached hydrogen (secondary N) is 1.